The third kappa shape index (κ3) is 1.23. The van der Waals surface area contributed by atoms with Crippen LogP contribution < -0.4 is 0 Å². The first-order valence-electron chi connectivity index (χ1n) is 4.95. The molecule has 1 aliphatic heterocycles. The van der Waals surface area contributed by atoms with E-state index in [9.17, 15) is 4.79 Å². The lowest BCUT2D eigenvalue weighted by Gasteiger charge is -2.31. The Hall–Kier alpha value is -0.530. The summed E-state index contributed by atoms with van der Waals surface area (Å²) in [6.45, 7) is 1.98. The fraction of sp³-hybridized carbons (Fsp3) is 0.900. The summed E-state index contributed by atoms with van der Waals surface area (Å²) in [5.74, 6) is 0.167. The van der Waals surface area contributed by atoms with Crippen LogP contribution in [0.1, 0.15) is 45.4 Å². The fourth-order valence-corrected chi connectivity index (χ4v) is 2.50. The van der Waals surface area contributed by atoms with E-state index in [-0.39, 0.29) is 17.5 Å². The van der Waals surface area contributed by atoms with Crippen molar-refractivity contribution in [3.05, 3.63) is 0 Å². The summed E-state index contributed by atoms with van der Waals surface area (Å²) in [6.07, 6.45) is 6.95. The third-order valence-corrected chi connectivity index (χ3v) is 3.16. The summed E-state index contributed by atoms with van der Waals surface area (Å²) in [7, 11) is 0. The zero-order chi connectivity index (χ0) is 8.60. The summed E-state index contributed by atoms with van der Waals surface area (Å²) in [6, 6.07) is 0. The zero-order valence-corrected chi connectivity index (χ0v) is 7.64. The minimum Gasteiger partial charge on any atom is -0.459 e. The SMILES string of the molecule is C[C@@H]1CC2(CCCCC2)OC1=O. The van der Waals surface area contributed by atoms with Gasteiger partial charge in [0.25, 0.3) is 0 Å². The topological polar surface area (TPSA) is 26.3 Å². The molecule has 1 heterocycles. The molecule has 68 valence electrons. The Morgan fingerprint density at radius 1 is 1.33 bits per heavy atom. The molecule has 0 N–H and O–H groups in total. The summed E-state index contributed by atoms with van der Waals surface area (Å²) >= 11 is 0. The Morgan fingerprint density at radius 3 is 2.50 bits per heavy atom. The molecule has 2 aliphatic rings. The first-order chi connectivity index (χ1) is 5.72. The van der Waals surface area contributed by atoms with Crippen LogP contribution in [0.2, 0.25) is 0 Å². The first-order valence-corrected chi connectivity index (χ1v) is 4.95. The van der Waals surface area contributed by atoms with Gasteiger partial charge in [-0.25, -0.2) is 0 Å². The van der Waals surface area contributed by atoms with Crippen LogP contribution in [-0.2, 0) is 9.53 Å². The maximum Gasteiger partial charge on any atom is 0.309 e. The molecule has 2 nitrogen and oxygen atoms in total. The van der Waals surface area contributed by atoms with Crippen LogP contribution >= 0.6 is 0 Å². The van der Waals surface area contributed by atoms with Gasteiger partial charge in [0, 0.05) is 6.42 Å². The standard InChI is InChI=1S/C10H16O2/c1-8-7-10(12-9(8)11)5-3-2-4-6-10/h8H,2-7H2,1H3/t8-/m1/s1. The number of rotatable bonds is 0. The molecule has 0 unspecified atom stereocenters. The molecule has 1 saturated heterocycles. The van der Waals surface area contributed by atoms with E-state index in [0.29, 0.717) is 0 Å². The van der Waals surface area contributed by atoms with Crippen molar-refractivity contribution < 1.29 is 9.53 Å². The summed E-state index contributed by atoms with van der Waals surface area (Å²) < 4.78 is 5.46. The minimum absolute atomic E-state index is 0.0249. The number of carbonyl (C=O) groups is 1. The van der Waals surface area contributed by atoms with E-state index in [1.807, 2.05) is 6.92 Å². The fourth-order valence-electron chi connectivity index (χ4n) is 2.50. The molecule has 1 spiro atoms. The minimum atomic E-state index is -0.0330. The van der Waals surface area contributed by atoms with Gasteiger partial charge in [0.1, 0.15) is 5.60 Å². The van der Waals surface area contributed by atoms with Gasteiger partial charge in [-0.15, -0.1) is 0 Å². The molecule has 0 aromatic rings. The lowest BCUT2D eigenvalue weighted by Crippen LogP contribution is -2.30. The molecule has 0 aromatic heterocycles. The average molecular weight is 168 g/mol. The molecule has 2 fully saturated rings. The second-order valence-electron chi connectivity index (χ2n) is 4.27. The van der Waals surface area contributed by atoms with E-state index in [2.05, 4.69) is 0 Å². The smallest absolute Gasteiger partial charge is 0.309 e. The highest BCUT2D eigenvalue weighted by Gasteiger charge is 2.44. The molecule has 12 heavy (non-hydrogen) atoms. The van der Waals surface area contributed by atoms with Gasteiger partial charge in [0.05, 0.1) is 5.92 Å². The van der Waals surface area contributed by atoms with Crippen LogP contribution in [0.3, 0.4) is 0 Å². The van der Waals surface area contributed by atoms with Gasteiger partial charge in [-0.3, -0.25) is 4.79 Å². The van der Waals surface area contributed by atoms with Gasteiger partial charge < -0.3 is 4.74 Å². The Bertz CT molecular complexity index is 192. The van der Waals surface area contributed by atoms with Gasteiger partial charge in [-0.05, 0) is 25.7 Å². The van der Waals surface area contributed by atoms with Gasteiger partial charge >= 0.3 is 5.97 Å². The molecule has 0 aromatic carbocycles. The molecular formula is C10H16O2. The van der Waals surface area contributed by atoms with Crippen LogP contribution in [0, 0.1) is 5.92 Å². The summed E-state index contributed by atoms with van der Waals surface area (Å²) in [5.41, 5.74) is -0.0330. The highest BCUT2D eigenvalue weighted by atomic mass is 16.6. The Labute approximate surface area is 73.3 Å². The first kappa shape index (κ1) is 8.09. The second kappa shape index (κ2) is 2.75. The molecule has 0 amide bonds. The van der Waals surface area contributed by atoms with Crippen molar-refractivity contribution in [3.8, 4) is 0 Å². The molecule has 0 bridgehead atoms. The van der Waals surface area contributed by atoms with E-state index in [0.717, 1.165) is 19.3 Å². The summed E-state index contributed by atoms with van der Waals surface area (Å²) in [4.78, 5) is 11.2. The van der Waals surface area contributed by atoms with Crippen LogP contribution in [0.5, 0.6) is 0 Å². The van der Waals surface area contributed by atoms with Crippen molar-refractivity contribution >= 4 is 5.97 Å². The average Bonchev–Trinajstić information content (AvgIpc) is 2.29. The number of esters is 1. The maximum absolute atomic E-state index is 11.2. The van der Waals surface area contributed by atoms with Gasteiger partial charge in [0.15, 0.2) is 0 Å². The molecule has 1 saturated carbocycles. The number of hydrogen-bond acceptors (Lipinski definition) is 2. The van der Waals surface area contributed by atoms with E-state index >= 15 is 0 Å². The van der Waals surface area contributed by atoms with Crippen molar-refractivity contribution in [3.63, 3.8) is 0 Å². The zero-order valence-electron chi connectivity index (χ0n) is 7.64. The summed E-state index contributed by atoms with van der Waals surface area (Å²) in [5, 5.41) is 0. The van der Waals surface area contributed by atoms with Gasteiger partial charge in [-0.2, -0.15) is 0 Å². The Morgan fingerprint density at radius 2 is 2.00 bits per heavy atom. The Kier molecular flexibility index (Phi) is 1.85. The highest BCUT2D eigenvalue weighted by molar-refractivity contribution is 5.74. The highest BCUT2D eigenvalue weighted by Crippen LogP contribution is 2.41. The normalized spacial score (nSPS) is 33.8. The second-order valence-corrected chi connectivity index (χ2v) is 4.27. The van der Waals surface area contributed by atoms with E-state index in [1.165, 1.54) is 19.3 Å². The van der Waals surface area contributed by atoms with Gasteiger partial charge in [0.2, 0.25) is 0 Å². The maximum atomic E-state index is 11.2. The predicted octanol–water partition coefficient (Wildman–Crippen LogP) is 2.27. The van der Waals surface area contributed by atoms with Crippen molar-refractivity contribution in [1.82, 2.24) is 0 Å². The van der Waals surface area contributed by atoms with Crippen molar-refractivity contribution in [2.75, 3.05) is 0 Å². The monoisotopic (exact) mass is 168 g/mol. The Balaban J connectivity index is 2.07. The molecular weight excluding hydrogens is 152 g/mol. The van der Waals surface area contributed by atoms with E-state index < -0.39 is 0 Å². The van der Waals surface area contributed by atoms with Crippen molar-refractivity contribution in [1.29, 1.82) is 0 Å². The van der Waals surface area contributed by atoms with Crippen molar-refractivity contribution in [2.24, 2.45) is 5.92 Å². The van der Waals surface area contributed by atoms with Crippen LogP contribution in [-0.4, -0.2) is 11.6 Å². The lowest BCUT2D eigenvalue weighted by atomic mass is 9.81. The van der Waals surface area contributed by atoms with Crippen LogP contribution in [0.25, 0.3) is 0 Å². The van der Waals surface area contributed by atoms with Crippen molar-refractivity contribution in [2.45, 2.75) is 51.0 Å². The molecule has 0 radical (unpaired) electrons. The lowest BCUT2D eigenvalue weighted by molar-refractivity contribution is -0.152. The van der Waals surface area contributed by atoms with Gasteiger partial charge in [-0.1, -0.05) is 13.3 Å². The number of ether oxygens (including phenoxy) is 1. The van der Waals surface area contributed by atoms with E-state index in [1.54, 1.807) is 0 Å². The molecule has 2 heteroatoms. The molecule has 1 aliphatic carbocycles. The number of hydrogen-bond donors (Lipinski definition) is 0. The van der Waals surface area contributed by atoms with Crippen LogP contribution in [0.15, 0.2) is 0 Å². The third-order valence-electron chi connectivity index (χ3n) is 3.16. The number of carbonyl (C=O) groups excluding carboxylic acids is 1. The predicted molar refractivity (Wildman–Crippen MR) is 45.7 cm³/mol. The largest absolute Gasteiger partial charge is 0.459 e. The quantitative estimate of drug-likeness (QED) is 0.519. The molecule has 1 atom stereocenters. The van der Waals surface area contributed by atoms with E-state index in [4.69, 9.17) is 4.74 Å². The van der Waals surface area contributed by atoms with Crippen LogP contribution in [0.4, 0.5) is 0 Å². The molecule has 2 rings (SSSR count).